The maximum Gasteiger partial charge on any atom is 0.326 e. The number of carboxylic acids is 1. The number of nitrogens with zero attached hydrogens (tertiary/aromatic N) is 1. The Balaban J connectivity index is 1.56. The second-order valence-electron chi connectivity index (χ2n) is 8.56. The number of rotatable bonds is 11. The normalized spacial score (nSPS) is 10.6. The van der Waals surface area contributed by atoms with Crippen LogP contribution in [0, 0.1) is 0 Å². The van der Waals surface area contributed by atoms with Gasteiger partial charge in [0.1, 0.15) is 5.75 Å². The number of carbonyl (C=O) groups is 2. The zero-order valence-electron chi connectivity index (χ0n) is 21.2. The van der Waals surface area contributed by atoms with Gasteiger partial charge < -0.3 is 15.2 Å². The number of hydrogen-bond donors (Lipinski definition) is 2. The molecule has 0 spiro atoms. The largest absolute Gasteiger partial charge is 0.492 e. The van der Waals surface area contributed by atoms with Crippen molar-refractivity contribution in [2.75, 3.05) is 23.4 Å². The van der Waals surface area contributed by atoms with Crippen LogP contribution in [0.3, 0.4) is 0 Å². The molecule has 0 fully saturated rings. The molecule has 0 unspecified atom stereocenters. The van der Waals surface area contributed by atoms with Crippen molar-refractivity contribution in [2.45, 2.75) is 29.6 Å². The molecule has 0 radical (unpaired) electrons. The number of amides is 2. The maximum atomic E-state index is 13.6. The SMILES string of the molecule is CCOc1ccccc1NC(=O)N(CCc1ccccc1)c1cccc(Sc2ccc(CC(=O)O)cc2)c1. The summed E-state index contributed by atoms with van der Waals surface area (Å²) in [6.07, 6.45) is 0.697. The highest BCUT2D eigenvalue weighted by molar-refractivity contribution is 7.99. The van der Waals surface area contributed by atoms with Crippen LogP contribution in [-0.4, -0.2) is 30.3 Å². The topological polar surface area (TPSA) is 78.9 Å². The number of hydrogen-bond acceptors (Lipinski definition) is 4. The number of ether oxygens (including phenoxy) is 1. The van der Waals surface area contributed by atoms with E-state index in [1.807, 2.05) is 97.9 Å². The van der Waals surface area contributed by atoms with Crippen LogP contribution in [0.5, 0.6) is 5.75 Å². The van der Waals surface area contributed by atoms with Crippen LogP contribution in [0.4, 0.5) is 16.2 Å². The van der Waals surface area contributed by atoms with Crippen LogP contribution in [0.1, 0.15) is 18.1 Å². The second-order valence-corrected chi connectivity index (χ2v) is 9.71. The van der Waals surface area contributed by atoms with Crippen LogP contribution in [-0.2, 0) is 17.6 Å². The van der Waals surface area contributed by atoms with Crippen molar-refractivity contribution in [1.82, 2.24) is 0 Å². The maximum absolute atomic E-state index is 13.6. The smallest absolute Gasteiger partial charge is 0.326 e. The van der Waals surface area contributed by atoms with Gasteiger partial charge in [0.05, 0.1) is 18.7 Å². The van der Waals surface area contributed by atoms with Crippen molar-refractivity contribution in [3.63, 3.8) is 0 Å². The Hall–Kier alpha value is -4.23. The summed E-state index contributed by atoms with van der Waals surface area (Å²) in [5, 5.41) is 12.0. The predicted octanol–water partition coefficient (Wildman–Crippen LogP) is 7.14. The molecule has 4 aromatic carbocycles. The summed E-state index contributed by atoms with van der Waals surface area (Å²) in [5.74, 6) is -0.224. The summed E-state index contributed by atoms with van der Waals surface area (Å²) in [7, 11) is 0. The Bertz CT molecular complexity index is 1360. The molecule has 0 atom stereocenters. The summed E-state index contributed by atoms with van der Waals surface area (Å²) in [4.78, 5) is 28.3. The molecule has 2 N–H and O–H groups in total. The third-order valence-electron chi connectivity index (χ3n) is 5.78. The van der Waals surface area contributed by atoms with Gasteiger partial charge in [0.2, 0.25) is 0 Å². The van der Waals surface area contributed by atoms with Crippen LogP contribution >= 0.6 is 11.8 Å². The highest BCUT2D eigenvalue weighted by Gasteiger charge is 2.18. The van der Waals surface area contributed by atoms with Crippen molar-refractivity contribution in [3.8, 4) is 5.75 Å². The fraction of sp³-hybridized carbons (Fsp3) is 0.161. The molecule has 6 nitrogen and oxygen atoms in total. The lowest BCUT2D eigenvalue weighted by Crippen LogP contribution is -2.36. The first-order valence-corrected chi connectivity index (χ1v) is 13.3. The van der Waals surface area contributed by atoms with Crippen LogP contribution in [0.2, 0.25) is 0 Å². The Morgan fingerprint density at radius 3 is 2.32 bits per heavy atom. The molecule has 0 bridgehead atoms. The summed E-state index contributed by atoms with van der Waals surface area (Å²) >= 11 is 1.56. The van der Waals surface area contributed by atoms with E-state index in [-0.39, 0.29) is 12.5 Å². The minimum atomic E-state index is -0.851. The van der Waals surface area contributed by atoms with E-state index in [2.05, 4.69) is 17.4 Å². The van der Waals surface area contributed by atoms with Gasteiger partial charge in [0.15, 0.2) is 0 Å². The first-order chi connectivity index (χ1) is 18.5. The average molecular weight is 527 g/mol. The molecule has 0 heterocycles. The highest BCUT2D eigenvalue weighted by Crippen LogP contribution is 2.31. The van der Waals surface area contributed by atoms with Gasteiger partial charge in [-0.2, -0.15) is 0 Å². The third kappa shape index (κ3) is 7.63. The molecule has 0 saturated carbocycles. The number of carbonyl (C=O) groups excluding carboxylic acids is 1. The number of para-hydroxylation sites is 2. The quantitative estimate of drug-likeness (QED) is 0.217. The van der Waals surface area contributed by atoms with E-state index in [1.165, 1.54) is 0 Å². The Labute approximate surface area is 227 Å². The summed E-state index contributed by atoms with van der Waals surface area (Å²) in [5.41, 5.74) is 3.30. The van der Waals surface area contributed by atoms with Crippen molar-refractivity contribution in [3.05, 3.63) is 114 Å². The number of benzene rings is 4. The number of aliphatic carboxylic acids is 1. The molecule has 0 aliphatic carbocycles. The van der Waals surface area contributed by atoms with Gasteiger partial charge >= 0.3 is 12.0 Å². The molecule has 38 heavy (non-hydrogen) atoms. The summed E-state index contributed by atoms with van der Waals surface area (Å²) in [6.45, 7) is 2.90. The lowest BCUT2D eigenvalue weighted by Gasteiger charge is -2.24. The number of anilines is 2. The van der Waals surface area contributed by atoms with Crippen molar-refractivity contribution in [2.24, 2.45) is 0 Å². The second kappa shape index (κ2) is 13.4. The van der Waals surface area contributed by atoms with E-state index in [0.717, 1.165) is 26.6 Å². The Morgan fingerprint density at radius 1 is 0.842 bits per heavy atom. The van der Waals surface area contributed by atoms with Crippen LogP contribution < -0.4 is 15.0 Å². The first kappa shape index (κ1) is 26.8. The van der Waals surface area contributed by atoms with Gasteiger partial charge in [-0.05, 0) is 66.9 Å². The van der Waals surface area contributed by atoms with Crippen molar-refractivity contribution in [1.29, 1.82) is 0 Å². The molecule has 0 aliphatic rings. The van der Waals surface area contributed by atoms with E-state index in [9.17, 15) is 9.59 Å². The van der Waals surface area contributed by atoms with Gasteiger partial charge in [-0.15, -0.1) is 0 Å². The molecule has 0 saturated heterocycles. The third-order valence-corrected chi connectivity index (χ3v) is 6.78. The van der Waals surface area contributed by atoms with Gasteiger partial charge in [-0.3, -0.25) is 9.69 Å². The average Bonchev–Trinajstić information content (AvgIpc) is 2.92. The molecule has 4 aromatic rings. The monoisotopic (exact) mass is 526 g/mol. The molecule has 2 amide bonds. The van der Waals surface area contributed by atoms with Crippen LogP contribution in [0.25, 0.3) is 0 Å². The van der Waals surface area contributed by atoms with Gasteiger partial charge in [0.25, 0.3) is 0 Å². The van der Waals surface area contributed by atoms with E-state index in [4.69, 9.17) is 9.84 Å². The molecule has 0 aliphatic heterocycles. The molecular formula is C31H30N2O4S. The van der Waals surface area contributed by atoms with Crippen molar-refractivity contribution < 1.29 is 19.4 Å². The van der Waals surface area contributed by atoms with Crippen molar-refractivity contribution >= 4 is 35.1 Å². The zero-order valence-corrected chi connectivity index (χ0v) is 22.0. The first-order valence-electron chi connectivity index (χ1n) is 12.4. The Kier molecular flexibility index (Phi) is 9.43. The number of urea groups is 1. The zero-order chi connectivity index (χ0) is 26.7. The lowest BCUT2D eigenvalue weighted by molar-refractivity contribution is -0.136. The predicted molar refractivity (Wildman–Crippen MR) is 152 cm³/mol. The number of carboxylic acid groups (broad SMARTS) is 1. The molecule has 7 heteroatoms. The molecule has 0 aromatic heterocycles. The fourth-order valence-electron chi connectivity index (χ4n) is 3.97. The summed E-state index contributed by atoms with van der Waals surface area (Å²) in [6, 6.07) is 32.6. The molecular weight excluding hydrogens is 496 g/mol. The molecule has 4 rings (SSSR count). The minimum Gasteiger partial charge on any atom is -0.492 e. The standard InChI is InChI=1S/C31H30N2O4S/c1-2-37-29-14-7-6-13-28(29)32-31(36)33(20-19-23-9-4-3-5-10-23)25-11-8-12-27(22-25)38-26-17-15-24(16-18-26)21-30(34)35/h3-18,22H,2,19-21H2,1H3,(H,32,36)(H,34,35). The van der Waals surface area contributed by atoms with E-state index < -0.39 is 5.97 Å². The van der Waals surface area contributed by atoms with Gasteiger partial charge in [0, 0.05) is 22.0 Å². The van der Waals surface area contributed by atoms with E-state index >= 15 is 0 Å². The van der Waals surface area contributed by atoms with Gasteiger partial charge in [-0.1, -0.05) is 72.4 Å². The minimum absolute atomic E-state index is 0.00164. The number of nitrogens with one attached hydrogen (secondary N) is 1. The summed E-state index contributed by atoms with van der Waals surface area (Å²) < 4.78 is 5.70. The fourth-order valence-corrected chi connectivity index (χ4v) is 4.84. The van der Waals surface area contributed by atoms with E-state index in [0.29, 0.717) is 31.0 Å². The van der Waals surface area contributed by atoms with Gasteiger partial charge in [-0.25, -0.2) is 4.79 Å². The Morgan fingerprint density at radius 2 is 1.58 bits per heavy atom. The van der Waals surface area contributed by atoms with Crippen LogP contribution in [0.15, 0.2) is 113 Å². The molecule has 194 valence electrons. The highest BCUT2D eigenvalue weighted by atomic mass is 32.2. The van der Waals surface area contributed by atoms with E-state index in [1.54, 1.807) is 16.7 Å². The lowest BCUT2D eigenvalue weighted by atomic mass is 10.1.